The Morgan fingerprint density at radius 1 is 0.933 bits per heavy atom. The van der Waals surface area contributed by atoms with E-state index in [-0.39, 0.29) is 43.1 Å². The third-order valence-electron chi connectivity index (χ3n) is 6.95. The molecule has 0 saturated carbocycles. The molecule has 0 fully saturated rings. The van der Waals surface area contributed by atoms with Crippen molar-refractivity contribution in [3.8, 4) is 11.5 Å². The lowest BCUT2D eigenvalue weighted by atomic mass is 9.95. The standard InChI is InChI=1S/C34H49N3O8/c1-8-44-29(40)19-20-35-31(41)30(26-11-9-10-12-28(26)39)37(23(4)14-13-22(2)3)32(42)27(36-33(43)45-34(5,6)7)21-24-15-17-25(38)18-16-24/h9-12,15-18,22-23,27,30,38-39H,8,13-14,19-21H2,1-7H3,(H,35,41)(H,36,43). The van der Waals surface area contributed by atoms with E-state index in [0.29, 0.717) is 17.9 Å². The van der Waals surface area contributed by atoms with Crippen LogP contribution < -0.4 is 10.6 Å². The number of carbonyl (C=O) groups is 4. The first-order valence-electron chi connectivity index (χ1n) is 15.4. The number of benzene rings is 2. The molecule has 0 aliphatic carbocycles. The van der Waals surface area contributed by atoms with Gasteiger partial charge in [0.05, 0.1) is 13.0 Å². The molecule has 2 aromatic carbocycles. The van der Waals surface area contributed by atoms with E-state index >= 15 is 0 Å². The van der Waals surface area contributed by atoms with E-state index in [1.54, 1.807) is 58.0 Å². The van der Waals surface area contributed by atoms with Crippen molar-refractivity contribution >= 4 is 23.9 Å². The minimum absolute atomic E-state index is 0.0315. The Balaban J connectivity index is 2.62. The Labute approximate surface area is 266 Å². The lowest BCUT2D eigenvalue weighted by molar-refractivity contribution is -0.146. The first-order valence-corrected chi connectivity index (χ1v) is 15.4. The van der Waals surface area contributed by atoms with Gasteiger partial charge in [0.25, 0.3) is 0 Å². The second-order valence-corrected chi connectivity index (χ2v) is 12.4. The van der Waals surface area contributed by atoms with Crippen LogP contribution in [0, 0.1) is 5.92 Å². The molecule has 0 heterocycles. The zero-order chi connectivity index (χ0) is 33.7. The number of para-hydroxylation sites is 1. The summed E-state index contributed by atoms with van der Waals surface area (Å²) in [5, 5.41) is 26.1. The molecule has 2 aromatic rings. The third-order valence-corrected chi connectivity index (χ3v) is 6.95. The van der Waals surface area contributed by atoms with Crippen LogP contribution in [-0.4, -0.2) is 69.8 Å². The second kappa shape index (κ2) is 17.3. The van der Waals surface area contributed by atoms with E-state index in [1.165, 1.54) is 23.1 Å². The molecule has 0 radical (unpaired) electrons. The maximum absolute atomic E-state index is 14.7. The molecular weight excluding hydrogens is 578 g/mol. The molecule has 11 nitrogen and oxygen atoms in total. The Morgan fingerprint density at radius 3 is 2.16 bits per heavy atom. The maximum Gasteiger partial charge on any atom is 0.408 e. The molecule has 2 rings (SSSR count). The Hall–Kier alpha value is -4.28. The minimum atomic E-state index is -1.30. The van der Waals surface area contributed by atoms with Crippen molar-refractivity contribution in [3.05, 3.63) is 59.7 Å². The Morgan fingerprint density at radius 2 is 1.58 bits per heavy atom. The largest absolute Gasteiger partial charge is 0.508 e. The van der Waals surface area contributed by atoms with Crippen LogP contribution in [-0.2, 0) is 30.3 Å². The van der Waals surface area contributed by atoms with E-state index in [1.807, 2.05) is 6.92 Å². The van der Waals surface area contributed by atoms with Crippen LogP contribution in [0.3, 0.4) is 0 Å². The van der Waals surface area contributed by atoms with Crippen molar-refractivity contribution in [2.24, 2.45) is 5.92 Å². The van der Waals surface area contributed by atoms with Crippen LogP contribution in [0.25, 0.3) is 0 Å². The van der Waals surface area contributed by atoms with Crippen LogP contribution in [0.5, 0.6) is 11.5 Å². The summed E-state index contributed by atoms with van der Waals surface area (Å²) < 4.78 is 10.4. The molecule has 45 heavy (non-hydrogen) atoms. The highest BCUT2D eigenvalue weighted by Crippen LogP contribution is 2.33. The van der Waals surface area contributed by atoms with Crippen LogP contribution >= 0.6 is 0 Å². The van der Waals surface area contributed by atoms with Crippen molar-refractivity contribution in [3.63, 3.8) is 0 Å². The van der Waals surface area contributed by atoms with Crippen LogP contribution in [0.15, 0.2) is 48.5 Å². The van der Waals surface area contributed by atoms with Crippen molar-refractivity contribution in [2.45, 2.75) is 97.9 Å². The fourth-order valence-corrected chi connectivity index (χ4v) is 4.76. The van der Waals surface area contributed by atoms with Crippen molar-refractivity contribution in [1.29, 1.82) is 0 Å². The predicted octanol–water partition coefficient (Wildman–Crippen LogP) is 5.00. The smallest absolute Gasteiger partial charge is 0.408 e. The Kier molecular flexibility index (Phi) is 14.2. The summed E-state index contributed by atoms with van der Waals surface area (Å²) in [7, 11) is 0. The molecule has 0 aliphatic heterocycles. The van der Waals surface area contributed by atoms with Gasteiger partial charge < -0.3 is 35.2 Å². The van der Waals surface area contributed by atoms with E-state index in [9.17, 15) is 29.4 Å². The maximum atomic E-state index is 14.7. The van der Waals surface area contributed by atoms with Gasteiger partial charge in [-0.2, -0.15) is 0 Å². The zero-order valence-electron chi connectivity index (χ0n) is 27.5. The summed E-state index contributed by atoms with van der Waals surface area (Å²) in [5.74, 6) is -1.49. The van der Waals surface area contributed by atoms with E-state index in [4.69, 9.17) is 9.47 Å². The summed E-state index contributed by atoms with van der Waals surface area (Å²) in [6, 6.07) is 9.52. The highest BCUT2D eigenvalue weighted by Gasteiger charge is 2.40. The van der Waals surface area contributed by atoms with Gasteiger partial charge in [-0.25, -0.2) is 4.79 Å². The van der Waals surface area contributed by atoms with Gasteiger partial charge in [-0.1, -0.05) is 44.2 Å². The monoisotopic (exact) mass is 627 g/mol. The average Bonchev–Trinajstić information content (AvgIpc) is 2.94. The number of phenols is 2. The molecule has 0 aromatic heterocycles. The average molecular weight is 628 g/mol. The van der Waals surface area contributed by atoms with Crippen molar-refractivity contribution in [2.75, 3.05) is 13.2 Å². The summed E-state index contributed by atoms with van der Waals surface area (Å²) in [5.41, 5.74) is 0.00369. The molecular formula is C34H49N3O8. The van der Waals surface area contributed by atoms with Gasteiger partial charge in [-0.05, 0) is 77.1 Å². The summed E-state index contributed by atoms with van der Waals surface area (Å²) in [6.45, 7) is 12.9. The molecule has 248 valence electrons. The minimum Gasteiger partial charge on any atom is -0.508 e. The van der Waals surface area contributed by atoms with E-state index in [2.05, 4.69) is 24.5 Å². The van der Waals surface area contributed by atoms with Gasteiger partial charge in [-0.3, -0.25) is 14.4 Å². The number of aromatic hydroxyl groups is 2. The first-order chi connectivity index (χ1) is 21.1. The summed E-state index contributed by atoms with van der Waals surface area (Å²) in [4.78, 5) is 55.0. The van der Waals surface area contributed by atoms with Crippen LogP contribution in [0.1, 0.15) is 84.9 Å². The summed E-state index contributed by atoms with van der Waals surface area (Å²) in [6.07, 6.45) is 0.414. The fourth-order valence-electron chi connectivity index (χ4n) is 4.76. The van der Waals surface area contributed by atoms with Gasteiger partial charge in [0, 0.05) is 24.6 Å². The molecule has 11 heteroatoms. The van der Waals surface area contributed by atoms with Crippen LogP contribution in [0.2, 0.25) is 0 Å². The number of nitrogens with one attached hydrogen (secondary N) is 2. The molecule has 0 saturated heterocycles. The number of phenolic OH excluding ortho intramolecular Hbond substituents is 2. The van der Waals surface area contributed by atoms with E-state index in [0.717, 1.165) is 6.42 Å². The molecule has 0 bridgehead atoms. The number of hydrogen-bond acceptors (Lipinski definition) is 8. The number of ether oxygens (including phenoxy) is 2. The predicted molar refractivity (Wildman–Crippen MR) is 170 cm³/mol. The SMILES string of the molecule is CCOC(=O)CCNC(=O)C(c1ccccc1O)N(C(=O)C(Cc1ccc(O)cc1)NC(=O)OC(C)(C)C)C(C)CCC(C)C. The van der Waals surface area contributed by atoms with Gasteiger partial charge in [0.15, 0.2) is 0 Å². The number of alkyl carbamates (subject to hydrolysis) is 1. The van der Waals surface area contributed by atoms with Crippen molar-refractivity contribution in [1.82, 2.24) is 15.5 Å². The Bertz CT molecular complexity index is 1270. The highest BCUT2D eigenvalue weighted by molar-refractivity contribution is 5.93. The van der Waals surface area contributed by atoms with Crippen molar-refractivity contribution < 1.29 is 38.9 Å². The number of nitrogens with zero attached hydrogens (tertiary/aromatic N) is 1. The van der Waals surface area contributed by atoms with Gasteiger partial charge >= 0.3 is 12.1 Å². The molecule has 0 aliphatic rings. The van der Waals surface area contributed by atoms with Gasteiger partial charge in [-0.15, -0.1) is 0 Å². The molecule has 3 atom stereocenters. The van der Waals surface area contributed by atoms with Gasteiger partial charge in [0.2, 0.25) is 11.8 Å². The van der Waals surface area contributed by atoms with E-state index < -0.39 is 47.6 Å². The topological polar surface area (TPSA) is 154 Å². The van der Waals surface area contributed by atoms with Crippen LogP contribution in [0.4, 0.5) is 4.79 Å². The van der Waals surface area contributed by atoms with Gasteiger partial charge in [0.1, 0.15) is 29.2 Å². The number of esters is 1. The lowest BCUT2D eigenvalue weighted by Gasteiger charge is -2.39. The number of hydrogen-bond donors (Lipinski definition) is 4. The normalized spacial score (nSPS) is 13.3. The summed E-state index contributed by atoms with van der Waals surface area (Å²) >= 11 is 0. The second-order valence-electron chi connectivity index (χ2n) is 12.4. The molecule has 3 amide bonds. The molecule has 3 unspecified atom stereocenters. The quantitative estimate of drug-likeness (QED) is 0.201. The first kappa shape index (κ1) is 36.9. The molecule has 0 spiro atoms. The third kappa shape index (κ3) is 12.3. The number of rotatable bonds is 15. The molecule has 4 N–H and O–H groups in total. The zero-order valence-corrected chi connectivity index (χ0v) is 27.5. The number of carbonyl (C=O) groups excluding carboxylic acids is 4. The fraction of sp³-hybridized carbons (Fsp3) is 0.529. The highest BCUT2D eigenvalue weighted by atomic mass is 16.6. The number of amides is 3. The lowest BCUT2D eigenvalue weighted by Crippen LogP contribution is -2.56.